The Kier molecular flexibility index (Phi) is 3.39. The van der Waals surface area contributed by atoms with Crippen molar-refractivity contribution < 1.29 is 14.3 Å². The molecule has 0 saturated carbocycles. The normalized spacial score (nSPS) is 15.3. The van der Waals surface area contributed by atoms with Gasteiger partial charge in [-0.1, -0.05) is 6.58 Å². The summed E-state index contributed by atoms with van der Waals surface area (Å²) in [7, 11) is 0. The van der Waals surface area contributed by atoms with E-state index in [1.807, 2.05) is 18.3 Å². The number of carbonyl (C=O) groups is 1. The molecule has 3 rings (SSSR count). The van der Waals surface area contributed by atoms with E-state index in [-0.39, 0.29) is 0 Å². The number of carbonyl (C=O) groups excluding carboxylic acids is 1. The molecule has 0 aromatic carbocycles. The first-order valence-electron chi connectivity index (χ1n) is 6.41. The summed E-state index contributed by atoms with van der Waals surface area (Å²) < 4.78 is 11.8. The molecule has 0 atom stereocenters. The number of ether oxygens (including phenoxy) is 2. The molecule has 2 aromatic rings. The number of imidazole rings is 1. The van der Waals surface area contributed by atoms with Crippen LogP contribution in [-0.2, 0) is 9.47 Å². The summed E-state index contributed by atoms with van der Waals surface area (Å²) >= 11 is 0. The van der Waals surface area contributed by atoms with Gasteiger partial charge in [0.25, 0.3) is 0 Å². The van der Waals surface area contributed by atoms with Crippen LogP contribution >= 0.6 is 0 Å². The molecule has 20 heavy (non-hydrogen) atoms. The van der Waals surface area contributed by atoms with Gasteiger partial charge in [0.15, 0.2) is 5.69 Å². The molecular formula is C14H15N3O3. The van der Waals surface area contributed by atoms with Gasteiger partial charge in [0.2, 0.25) is 0 Å². The van der Waals surface area contributed by atoms with E-state index in [4.69, 9.17) is 9.47 Å². The highest BCUT2D eigenvalue weighted by Gasteiger charge is 2.15. The molecule has 0 aliphatic carbocycles. The summed E-state index contributed by atoms with van der Waals surface area (Å²) in [6, 6.07) is 3.92. The molecule has 6 nitrogen and oxygen atoms in total. The molecule has 0 unspecified atom stereocenters. The molecule has 0 bridgehead atoms. The Morgan fingerprint density at radius 1 is 1.45 bits per heavy atom. The van der Waals surface area contributed by atoms with Gasteiger partial charge < -0.3 is 14.4 Å². The lowest BCUT2D eigenvalue weighted by molar-refractivity contribution is 0.0656. The van der Waals surface area contributed by atoms with Crippen LogP contribution in [0.25, 0.3) is 5.65 Å². The number of hydrogen-bond donors (Lipinski definition) is 0. The molecule has 0 spiro atoms. The zero-order valence-electron chi connectivity index (χ0n) is 11.0. The monoisotopic (exact) mass is 273 g/mol. The minimum atomic E-state index is -0.466. The van der Waals surface area contributed by atoms with E-state index in [9.17, 15) is 4.79 Å². The highest BCUT2D eigenvalue weighted by atomic mass is 16.5. The first kappa shape index (κ1) is 12.7. The first-order chi connectivity index (χ1) is 9.79. The van der Waals surface area contributed by atoms with Crippen LogP contribution in [0.3, 0.4) is 0 Å². The van der Waals surface area contributed by atoms with Crippen LogP contribution in [0.1, 0.15) is 10.5 Å². The third kappa shape index (κ3) is 2.25. The standard InChI is InChI=1S/C14H15N3O3/c1-2-20-14(18)12-10-15-13-9-11(3-4-17(12)13)16-5-7-19-8-6-16/h2-4,9-10H,1,5-8H2. The molecule has 104 valence electrons. The Labute approximate surface area is 116 Å². The number of pyridine rings is 1. The van der Waals surface area contributed by atoms with Crippen molar-refractivity contribution >= 4 is 17.3 Å². The topological polar surface area (TPSA) is 56.1 Å². The molecule has 0 amide bonds. The minimum absolute atomic E-state index is 0.383. The van der Waals surface area contributed by atoms with Crippen molar-refractivity contribution in [3.05, 3.63) is 43.1 Å². The van der Waals surface area contributed by atoms with E-state index in [0.717, 1.165) is 38.3 Å². The van der Waals surface area contributed by atoms with Gasteiger partial charge in [-0.15, -0.1) is 0 Å². The molecule has 1 fully saturated rings. The third-order valence-electron chi connectivity index (χ3n) is 3.27. The summed E-state index contributed by atoms with van der Waals surface area (Å²) in [5.74, 6) is -0.466. The molecule has 1 aliphatic rings. The van der Waals surface area contributed by atoms with Crippen molar-refractivity contribution in [2.45, 2.75) is 0 Å². The Hall–Kier alpha value is -2.34. The first-order valence-corrected chi connectivity index (χ1v) is 6.41. The fourth-order valence-corrected chi connectivity index (χ4v) is 2.28. The smallest absolute Gasteiger partial charge is 0.361 e. The maximum atomic E-state index is 11.7. The SMILES string of the molecule is C=COC(=O)c1cnc2cc(N3CCOCC3)ccn12. The van der Waals surface area contributed by atoms with Gasteiger partial charge in [-0.2, -0.15) is 0 Å². The Morgan fingerprint density at radius 2 is 2.25 bits per heavy atom. The average Bonchev–Trinajstić information content (AvgIpc) is 2.91. The van der Waals surface area contributed by atoms with Crippen molar-refractivity contribution in [3.63, 3.8) is 0 Å². The second-order valence-corrected chi connectivity index (χ2v) is 4.43. The summed E-state index contributed by atoms with van der Waals surface area (Å²) in [6.07, 6.45) is 4.45. The van der Waals surface area contributed by atoms with E-state index in [1.165, 1.54) is 6.20 Å². The van der Waals surface area contributed by atoms with Crippen LogP contribution in [0.15, 0.2) is 37.4 Å². The number of hydrogen-bond acceptors (Lipinski definition) is 5. The van der Waals surface area contributed by atoms with E-state index in [1.54, 1.807) is 4.40 Å². The van der Waals surface area contributed by atoms with Gasteiger partial charge in [0.05, 0.1) is 25.7 Å². The van der Waals surface area contributed by atoms with Crippen molar-refractivity contribution in [1.29, 1.82) is 0 Å². The predicted octanol–water partition coefficient (Wildman–Crippen LogP) is 1.47. The summed E-state index contributed by atoms with van der Waals surface area (Å²) in [4.78, 5) is 18.2. The largest absolute Gasteiger partial charge is 0.430 e. The molecule has 0 N–H and O–H groups in total. The molecular weight excluding hydrogens is 258 g/mol. The van der Waals surface area contributed by atoms with Crippen LogP contribution in [0.5, 0.6) is 0 Å². The van der Waals surface area contributed by atoms with Gasteiger partial charge in [0, 0.05) is 31.0 Å². The second kappa shape index (κ2) is 5.34. The predicted molar refractivity (Wildman–Crippen MR) is 73.8 cm³/mol. The molecule has 6 heteroatoms. The average molecular weight is 273 g/mol. The number of esters is 1. The maximum Gasteiger partial charge on any atom is 0.361 e. The fourth-order valence-electron chi connectivity index (χ4n) is 2.28. The van der Waals surface area contributed by atoms with Crippen LogP contribution < -0.4 is 4.90 Å². The molecule has 3 heterocycles. The molecule has 0 radical (unpaired) electrons. The minimum Gasteiger partial charge on any atom is -0.430 e. The van der Waals surface area contributed by atoms with Crippen molar-refractivity contribution in [2.75, 3.05) is 31.2 Å². The van der Waals surface area contributed by atoms with Crippen LogP contribution in [0.4, 0.5) is 5.69 Å². The van der Waals surface area contributed by atoms with Crippen LogP contribution in [-0.4, -0.2) is 41.7 Å². The van der Waals surface area contributed by atoms with E-state index < -0.39 is 5.97 Å². The zero-order valence-corrected chi connectivity index (χ0v) is 11.0. The molecule has 1 saturated heterocycles. The van der Waals surface area contributed by atoms with Crippen molar-refractivity contribution in [1.82, 2.24) is 9.38 Å². The fraction of sp³-hybridized carbons (Fsp3) is 0.286. The third-order valence-corrected chi connectivity index (χ3v) is 3.27. The lowest BCUT2D eigenvalue weighted by Crippen LogP contribution is -2.36. The number of nitrogens with zero attached hydrogens (tertiary/aromatic N) is 3. The van der Waals surface area contributed by atoms with Gasteiger partial charge in [0.1, 0.15) is 5.65 Å². The Morgan fingerprint density at radius 3 is 3.00 bits per heavy atom. The lowest BCUT2D eigenvalue weighted by Gasteiger charge is -2.28. The number of morpholine rings is 1. The van der Waals surface area contributed by atoms with Gasteiger partial charge in [-0.3, -0.25) is 4.40 Å². The van der Waals surface area contributed by atoms with E-state index in [0.29, 0.717) is 11.3 Å². The second-order valence-electron chi connectivity index (χ2n) is 4.43. The van der Waals surface area contributed by atoms with Gasteiger partial charge in [-0.25, -0.2) is 9.78 Å². The van der Waals surface area contributed by atoms with Gasteiger partial charge in [-0.05, 0) is 6.07 Å². The van der Waals surface area contributed by atoms with Crippen LogP contribution in [0.2, 0.25) is 0 Å². The number of anilines is 1. The molecule has 1 aliphatic heterocycles. The Bertz CT molecular complexity index is 644. The number of aromatic nitrogens is 2. The number of rotatable bonds is 3. The van der Waals surface area contributed by atoms with Crippen molar-refractivity contribution in [3.8, 4) is 0 Å². The maximum absolute atomic E-state index is 11.7. The van der Waals surface area contributed by atoms with Crippen molar-refractivity contribution in [2.24, 2.45) is 0 Å². The zero-order chi connectivity index (χ0) is 13.9. The van der Waals surface area contributed by atoms with Gasteiger partial charge >= 0.3 is 5.97 Å². The Balaban J connectivity index is 1.92. The highest BCUT2D eigenvalue weighted by molar-refractivity contribution is 5.89. The summed E-state index contributed by atoms with van der Waals surface area (Å²) in [5, 5.41) is 0. The van der Waals surface area contributed by atoms with E-state index in [2.05, 4.69) is 16.5 Å². The summed E-state index contributed by atoms with van der Waals surface area (Å²) in [5.41, 5.74) is 2.17. The lowest BCUT2D eigenvalue weighted by atomic mass is 10.3. The quantitative estimate of drug-likeness (QED) is 0.626. The van der Waals surface area contributed by atoms with Crippen LogP contribution in [0, 0.1) is 0 Å². The number of fused-ring (bicyclic) bond motifs is 1. The summed E-state index contributed by atoms with van der Waals surface area (Å²) in [6.45, 7) is 6.57. The highest BCUT2D eigenvalue weighted by Crippen LogP contribution is 2.19. The molecule has 2 aromatic heterocycles. The van der Waals surface area contributed by atoms with E-state index >= 15 is 0 Å².